The van der Waals surface area contributed by atoms with Crippen LogP contribution >= 0.6 is 0 Å². The Hall–Kier alpha value is -3.02. The van der Waals surface area contributed by atoms with Gasteiger partial charge < -0.3 is 9.47 Å². The number of nitrogens with zero attached hydrogens (tertiary/aromatic N) is 2. The molecule has 6 heteroatoms. The van der Waals surface area contributed by atoms with E-state index in [-0.39, 0.29) is 6.79 Å². The van der Waals surface area contributed by atoms with E-state index in [1.807, 2.05) is 24.3 Å². The number of hydrogen-bond donors (Lipinski definition) is 2. The Balaban J connectivity index is 1.43. The smallest absolute Gasteiger partial charge is 0.370 e. The van der Waals surface area contributed by atoms with Crippen LogP contribution in [0.3, 0.4) is 0 Å². The summed E-state index contributed by atoms with van der Waals surface area (Å²) in [7, 11) is 0. The summed E-state index contributed by atoms with van der Waals surface area (Å²) in [5.74, 6) is 2.47. The van der Waals surface area contributed by atoms with E-state index in [0.717, 1.165) is 42.7 Å². The number of fused-ring (bicyclic) bond motifs is 1. The van der Waals surface area contributed by atoms with Gasteiger partial charge in [0.15, 0.2) is 11.5 Å². The number of nitrogens with one attached hydrogen (secondary N) is 2. The number of hydrogen-bond acceptors (Lipinski definition) is 5. The van der Waals surface area contributed by atoms with Crippen molar-refractivity contribution in [3.8, 4) is 11.5 Å². The maximum atomic E-state index is 5.37. The van der Waals surface area contributed by atoms with Gasteiger partial charge in [0, 0.05) is 0 Å². The van der Waals surface area contributed by atoms with Crippen molar-refractivity contribution in [3.63, 3.8) is 0 Å². The summed E-state index contributed by atoms with van der Waals surface area (Å²) in [4.78, 5) is 0. The lowest BCUT2D eigenvalue weighted by Gasteiger charge is -2.04. The third kappa shape index (κ3) is 3.17. The van der Waals surface area contributed by atoms with Crippen molar-refractivity contribution in [2.45, 2.75) is 6.54 Å². The van der Waals surface area contributed by atoms with Gasteiger partial charge in [-0.25, -0.2) is 0 Å². The Bertz CT molecular complexity index is 787. The number of hydrazone groups is 1. The van der Waals surface area contributed by atoms with Gasteiger partial charge in [0.05, 0.1) is 25.8 Å². The van der Waals surface area contributed by atoms with Gasteiger partial charge in [-0.05, 0) is 29.3 Å². The maximum Gasteiger partial charge on any atom is 0.370 e. The van der Waals surface area contributed by atoms with Crippen LogP contribution in [0.2, 0.25) is 0 Å². The van der Waals surface area contributed by atoms with Crippen LogP contribution in [0, 0.1) is 0 Å². The Morgan fingerprint density at radius 2 is 2.00 bits per heavy atom. The monoisotopic (exact) mass is 323 g/mol. The van der Waals surface area contributed by atoms with Crippen molar-refractivity contribution in [3.05, 3.63) is 59.7 Å². The standard InChI is InChI=1S/C18H18N4O2/c1-2-4-14(5-3-1)12-22-9-8-19-18(22)21-20-11-15-6-7-16-17(10-15)24-13-23-16/h1-7,10-11H,8-9,12-13H2,(H,19,21)/p+1/b20-11-. The lowest BCUT2D eigenvalue weighted by atomic mass is 10.2. The molecule has 0 saturated carbocycles. The molecule has 2 heterocycles. The first kappa shape index (κ1) is 14.6. The van der Waals surface area contributed by atoms with E-state index in [2.05, 4.69) is 44.7 Å². The van der Waals surface area contributed by atoms with E-state index in [0.29, 0.717) is 0 Å². The topological polar surface area (TPSA) is 57.9 Å². The molecular weight excluding hydrogens is 304 g/mol. The van der Waals surface area contributed by atoms with Crippen molar-refractivity contribution < 1.29 is 14.0 Å². The van der Waals surface area contributed by atoms with Crippen molar-refractivity contribution in [1.82, 2.24) is 10.7 Å². The minimum absolute atomic E-state index is 0.282. The second kappa shape index (κ2) is 6.62. The molecule has 2 aliphatic heterocycles. The largest absolute Gasteiger partial charge is 0.454 e. The van der Waals surface area contributed by atoms with Crippen molar-refractivity contribution in [2.75, 3.05) is 19.9 Å². The molecule has 122 valence electrons. The average molecular weight is 323 g/mol. The number of ether oxygens (including phenoxy) is 2. The van der Waals surface area contributed by atoms with Gasteiger partial charge in [-0.15, -0.1) is 5.10 Å². The van der Waals surface area contributed by atoms with Gasteiger partial charge in [-0.3, -0.25) is 9.89 Å². The molecule has 0 unspecified atom stereocenters. The van der Waals surface area contributed by atoms with Crippen LogP contribution < -0.4 is 20.2 Å². The van der Waals surface area contributed by atoms with Crippen LogP contribution in [-0.4, -0.2) is 36.6 Å². The summed E-state index contributed by atoms with van der Waals surface area (Å²) in [6.45, 7) is 3.01. The summed E-state index contributed by atoms with van der Waals surface area (Å²) >= 11 is 0. The molecule has 0 fully saturated rings. The summed E-state index contributed by atoms with van der Waals surface area (Å²) in [6.07, 6.45) is 1.77. The molecule has 0 amide bonds. The van der Waals surface area contributed by atoms with E-state index < -0.39 is 0 Å². The van der Waals surface area contributed by atoms with Crippen molar-refractivity contribution in [1.29, 1.82) is 0 Å². The predicted molar refractivity (Wildman–Crippen MR) is 91.6 cm³/mol. The summed E-state index contributed by atoms with van der Waals surface area (Å²) in [5, 5.41) is 7.66. The first-order valence-corrected chi connectivity index (χ1v) is 7.97. The van der Waals surface area contributed by atoms with Crippen LogP contribution in [0.25, 0.3) is 0 Å². The third-order valence-corrected chi connectivity index (χ3v) is 3.99. The summed E-state index contributed by atoms with van der Waals surface area (Å²) in [5.41, 5.74) is 5.33. The van der Waals surface area contributed by atoms with Crippen molar-refractivity contribution >= 4 is 12.2 Å². The minimum Gasteiger partial charge on any atom is -0.454 e. The molecule has 2 aromatic rings. The second-order valence-corrected chi connectivity index (χ2v) is 5.67. The average Bonchev–Trinajstić information content (AvgIpc) is 3.25. The molecule has 0 radical (unpaired) electrons. The predicted octanol–water partition coefficient (Wildman–Crippen LogP) is 1.51. The van der Waals surface area contributed by atoms with Crippen LogP contribution in [0.4, 0.5) is 0 Å². The van der Waals surface area contributed by atoms with Crippen molar-refractivity contribution in [2.24, 2.45) is 5.10 Å². The molecule has 2 N–H and O–H groups in total. The zero-order valence-corrected chi connectivity index (χ0v) is 13.2. The van der Waals surface area contributed by atoms with Crippen LogP contribution in [0.15, 0.2) is 53.6 Å². The molecule has 0 saturated heterocycles. The molecule has 0 atom stereocenters. The van der Waals surface area contributed by atoms with E-state index in [1.54, 1.807) is 6.21 Å². The zero-order valence-electron chi connectivity index (χ0n) is 13.2. The Labute approximate surface area is 140 Å². The van der Waals surface area contributed by atoms with Gasteiger partial charge >= 0.3 is 5.96 Å². The number of guanidine groups is 1. The molecule has 0 bridgehead atoms. The highest BCUT2D eigenvalue weighted by Crippen LogP contribution is 2.31. The molecule has 0 spiro atoms. The Kier molecular flexibility index (Phi) is 4.02. The Morgan fingerprint density at radius 1 is 1.12 bits per heavy atom. The second-order valence-electron chi connectivity index (χ2n) is 5.67. The SMILES string of the molecule is C(=N/NC1=[N+](Cc2ccccc2)CCN1)/c1ccc2c(c1)OCO2. The highest BCUT2D eigenvalue weighted by molar-refractivity contribution is 5.83. The van der Waals surface area contributed by atoms with Gasteiger partial charge in [0.25, 0.3) is 0 Å². The summed E-state index contributed by atoms with van der Waals surface area (Å²) < 4.78 is 12.9. The molecule has 0 aromatic heterocycles. The molecule has 24 heavy (non-hydrogen) atoms. The van der Waals surface area contributed by atoms with Gasteiger partial charge in [-0.1, -0.05) is 30.3 Å². The van der Waals surface area contributed by atoms with Crippen LogP contribution in [-0.2, 0) is 6.54 Å². The highest BCUT2D eigenvalue weighted by atomic mass is 16.7. The van der Waals surface area contributed by atoms with E-state index >= 15 is 0 Å². The summed E-state index contributed by atoms with van der Waals surface area (Å²) in [6, 6.07) is 16.2. The van der Waals surface area contributed by atoms with E-state index in [1.165, 1.54) is 5.56 Å². The van der Waals surface area contributed by atoms with E-state index in [4.69, 9.17) is 9.47 Å². The van der Waals surface area contributed by atoms with Crippen LogP contribution in [0.5, 0.6) is 11.5 Å². The van der Waals surface area contributed by atoms with Gasteiger partial charge in [0.2, 0.25) is 6.79 Å². The first-order valence-electron chi connectivity index (χ1n) is 7.97. The molecule has 2 aromatic carbocycles. The molecule has 6 nitrogen and oxygen atoms in total. The minimum atomic E-state index is 0.282. The van der Waals surface area contributed by atoms with Gasteiger partial charge in [0.1, 0.15) is 0 Å². The highest BCUT2D eigenvalue weighted by Gasteiger charge is 2.19. The third-order valence-electron chi connectivity index (χ3n) is 3.99. The fourth-order valence-corrected chi connectivity index (χ4v) is 2.77. The molecular formula is C18H19N4O2+. The van der Waals surface area contributed by atoms with Gasteiger partial charge in [-0.2, -0.15) is 5.43 Å². The van der Waals surface area contributed by atoms with E-state index in [9.17, 15) is 0 Å². The fourth-order valence-electron chi connectivity index (χ4n) is 2.77. The lowest BCUT2D eigenvalue weighted by molar-refractivity contribution is -0.536. The quantitative estimate of drug-likeness (QED) is 0.509. The Morgan fingerprint density at radius 3 is 2.92 bits per heavy atom. The number of benzene rings is 2. The lowest BCUT2D eigenvalue weighted by Crippen LogP contribution is -2.34. The zero-order chi connectivity index (χ0) is 16.2. The fraction of sp³-hybridized carbons (Fsp3) is 0.222. The first-order chi connectivity index (χ1) is 11.9. The molecule has 4 rings (SSSR count). The maximum absolute atomic E-state index is 5.37. The number of rotatable bonds is 4. The molecule has 2 aliphatic rings. The molecule has 0 aliphatic carbocycles. The van der Waals surface area contributed by atoms with Crippen LogP contribution in [0.1, 0.15) is 11.1 Å². The normalized spacial score (nSPS) is 15.8.